The smallest absolute Gasteiger partial charge is 0.277 e. The van der Waals surface area contributed by atoms with Gasteiger partial charge in [-0.25, -0.2) is 5.43 Å². The standard InChI is InChI=1S/C17H14N4O2/c1-12-15(16(21-23-12)14-5-3-2-4-6-14)17(22)20-19-11-13-7-9-18-10-8-13/h2-11H,1H3,(H,20,22). The molecule has 6 nitrogen and oxygen atoms in total. The molecule has 1 amide bonds. The molecule has 2 aromatic heterocycles. The van der Waals surface area contributed by atoms with E-state index in [1.165, 1.54) is 0 Å². The van der Waals surface area contributed by atoms with Gasteiger partial charge in [-0.15, -0.1) is 0 Å². The Balaban J connectivity index is 1.80. The summed E-state index contributed by atoms with van der Waals surface area (Å²) in [7, 11) is 0. The molecule has 0 aliphatic carbocycles. The molecule has 0 fully saturated rings. The van der Waals surface area contributed by atoms with Gasteiger partial charge < -0.3 is 4.52 Å². The number of rotatable bonds is 4. The molecule has 0 spiro atoms. The molecular weight excluding hydrogens is 292 g/mol. The third-order valence-corrected chi connectivity index (χ3v) is 3.22. The van der Waals surface area contributed by atoms with Crippen LogP contribution in [0, 0.1) is 6.92 Å². The van der Waals surface area contributed by atoms with Crippen molar-refractivity contribution in [3.05, 3.63) is 71.7 Å². The minimum absolute atomic E-state index is 0.368. The minimum Gasteiger partial charge on any atom is -0.360 e. The van der Waals surface area contributed by atoms with Crippen LogP contribution in [0.25, 0.3) is 11.3 Å². The lowest BCUT2D eigenvalue weighted by molar-refractivity contribution is 0.0954. The Kier molecular flexibility index (Phi) is 4.24. The zero-order chi connectivity index (χ0) is 16.1. The highest BCUT2D eigenvalue weighted by Crippen LogP contribution is 2.24. The summed E-state index contributed by atoms with van der Waals surface area (Å²) in [5.74, 6) is 0.0772. The van der Waals surface area contributed by atoms with Gasteiger partial charge in [0.15, 0.2) is 0 Å². The summed E-state index contributed by atoms with van der Waals surface area (Å²) in [4.78, 5) is 16.3. The maximum absolute atomic E-state index is 12.4. The van der Waals surface area contributed by atoms with Crippen LogP contribution in [0.4, 0.5) is 0 Å². The zero-order valence-electron chi connectivity index (χ0n) is 12.4. The molecule has 6 heteroatoms. The van der Waals surface area contributed by atoms with E-state index in [4.69, 9.17) is 4.52 Å². The molecular formula is C17H14N4O2. The molecule has 3 aromatic rings. The van der Waals surface area contributed by atoms with E-state index < -0.39 is 0 Å². The average molecular weight is 306 g/mol. The highest BCUT2D eigenvalue weighted by Gasteiger charge is 2.21. The molecule has 0 bridgehead atoms. The van der Waals surface area contributed by atoms with Crippen molar-refractivity contribution < 1.29 is 9.32 Å². The molecule has 1 aromatic carbocycles. The van der Waals surface area contributed by atoms with Gasteiger partial charge in [0.25, 0.3) is 5.91 Å². The van der Waals surface area contributed by atoms with Gasteiger partial charge in [0.05, 0.1) is 6.21 Å². The molecule has 0 atom stereocenters. The van der Waals surface area contributed by atoms with Gasteiger partial charge in [-0.05, 0) is 24.6 Å². The number of aromatic nitrogens is 2. The van der Waals surface area contributed by atoms with Crippen LogP contribution in [0.3, 0.4) is 0 Å². The summed E-state index contributed by atoms with van der Waals surface area (Å²) >= 11 is 0. The number of hydrogen-bond acceptors (Lipinski definition) is 5. The van der Waals surface area contributed by atoms with Gasteiger partial charge in [0.2, 0.25) is 0 Å². The van der Waals surface area contributed by atoms with Crippen molar-refractivity contribution in [2.24, 2.45) is 5.10 Å². The maximum atomic E-state index is 12.4. The number of nitrogens with zero attached hydrogens (tertiary/aromatic N) is 3. The fraction of sp³-hybridized carbons (Fsp3) is 0.0588. The molecule has 0 aliphatic heterocycles. The lowest BCUT2D eigenvalue weighted by Gasteiger charge is -2.01. The summed E-state index contributed by atoms with van der Waals surface area (Å²) in [6, 6.07) is 13.0. The molecule has 3 rings (SSSR count). The summed E-state index contributed by atoms with van der Waals surface area (Å²) in [5, 5.41) is 7.93. The number of hydrazone groups is 1. The van der Waals surface area contributed by atoms with Crippen LogP contribution in [-0.4, -0.2) is 22.3 Å². The second kappa shape index (κ2) is 6.65. The summed E-state index contributed by atoms with van der Waals surface area (Å²) in [6.07, 6.45) is 4.85. The first-order valence-electron chi connectivity index (χ1n) is 7.01. The predicted octanol–water partition coefficient (Wildman–Crippen LogP) is 2.81. The average Bonchev–Trinajstić information content (AvgIpc) is 2.98. The molecule has 2 heterocycles. The fourth-order valence-corrected chi connectivity index (χ4v) is 2.10. The van der Waals surface area contributed by atoms with Crippen LogP contribution in [-0.2, 0) is 0 Å². The van der Waals surface area contributed by atoms with E-state index in [1.54, 1.807) is 37.7 Å². The normalized spacial score (nSPS) is 10.8. The first-order chi connectivity index (χ1) is 11.3. The molecule has 0 saturated heterocycles. The van der Waals surface area contributed by atoms with E-state index in [0.717, 1.165) is 11.1 Å². The summed E-state index contributed by atoms with van der Waals surface area (Å²) in [6.45, 7) is 1.70. The Morgan fingerprint density at radius 1 is 1.17 bits per heavy atom. The van der Waals surface area contributed by atoms with Gasteiger partial charge in [0, 0.05) is 18.0 Å². The van der Waals surface area contributed by atoms with Crippen LogP contribution < -0.4 is 5.43 Å². The molecule has 114 valence electrons. The summed E-state index contributed by atoms with van der Waals surface area (Å²) in [5.41, 5.74) is 5.02. The second-order valence-electron chi connectivity index (χ2n) is 4.81. The molecule has 0 aliphatic rings. The van der Waals surface area contributed by atoms with Crippen molar-refractivity contribution in [1.82, 2.24) is 15.6 Å². The van der Waals surface area contributed by atoms with Gasteiger partial charge in [0.1, 0.15) is 17.0 Å². The van der Waals surface area contributed by atoms with Gasteiger partial charge in [-0.2, -0.15) is 5.10 Å². The van der Waals surface area contributed by atoms with Crippen LogP contribution >= 0.6 is 0 Å². The highest BCUT2D eigenvalue weighted by atomic mass is 16.5. The second-order valence-corrected chi connectivity index (χ2v) is 4.81. The van der Waals surface area contributed by atoms with E-state index in [-0.39, 0.29) is 5.91 Å². The summed E-state index contributed by atoms with van der Waals surface area (Å²) < 4.78 is 5.16. The first kappa shape index (κ1) is 14.6. The molecule has 0 saturated carbocycles. The van der Waals surface area contributed by atoms with Gasteiger partial charge >= 0.3 is 0 Å². The van der Waals surface area contributed by atoms with E-state index >= 15 is 0 Å². The maximum Gasteiger partial charge on any atom is 0.277 e. The predicted molar refractivity (Wildman–Crippen MR) is 86.0 cm³/mol. The van der Waals surface area contributed by atoms with Crippen LogP contribution in [0.5, 0.6) is 0 Å². The van der Waals surface area contributed by atoms with Crippen LogP contribution in [0.15, 0.2) is 64.5 Å². The number of nitrogens with one attached hydrogen (secondary N) is 1. The SMILES string of the molecule is Cc1onc(-c2ccccc2)c1C(=O)NN=Cc1ccncc1. The van der Waals surface area contributed by atoms with E-state index in [0.29, 0.717) is 17.0 Å². The molecule has 1 N–H and O–H groups in total. The van der Waals surface area contributed by atoms with Crippen molar-refractivity contribution in [3.63, 3.8) is 0 Å². The van der Waals surface area contributed by atoms with Crippen molar-refractivity contribution in [3.8, 4) is 11.3 Å². The lowest BCUT2D eigenvalue weighted by Crippen LogP contribution is -2.18. The number of aryl methyl sites for hydroxylation is 1. The van der Waals surface area contributed by atoms with E-state index in [1.807, 2.05) is 30.3 Å². The first-order valence-corrected chi connectivity index (χ1v) is 7.01. The molecule has 0 radical (unpaired) electrons. The van der Waals surface area contributed by atoms with E-state index in [2.05, 4.69) is 20.7 Å². The monoisotopic (exact) mass is 306 g/mol. The van der Waals surface area contributed by atoms with Crippen molar-refractivity contribution >= 4 is 12.1 Å². The third kappa shape index (κ3) is 3.32. The van der Waals surface area contributed by atoms with Gasteiger partial charge in [-0.1, -0.05) is 35.5 Å². The van der Waals surface area contributed by atoms with Crippen molar-refractivity contribution in [1.29, 1.82) is 0 Å². The number of carbonyl (C=O) groups is 1. The van der Waals surface area contributed by atoms with Gasteiger partial charge in [-0.3, -0.25) is 9.78 Å². The number of amides is 1. The number of pyridine rings is 1. The fourth-order valence-electron chi connectivity index (χ4n) is 2.10. The Morgan fingerprint density at radius 3 is 2.65 bits per heavy atom. The van der Waals surface area contributed by atoms with Crippen molar-refractivity contribution in [2.45, 2.75) is 6.92 Å². The largest absolute Gasteiger partial charge is 0.360 e. The van der Waals surface area contributed by atoms with Crippen LogP contribution in [0.2, 0.25) is 0 Å². The zero-order valence-corrected chi connectivity index (χ0v) is 12.4. The Hall–Kier alpha value is -3.28. The number of carbonyl (C=O) groups excluding carboxylic acids is 1. The molecule has 0 unspecified atom stereocenters. The van der Waals surface area contributed by atoms with E-state index in [9.17, 15) is 4.79 Å². The quantitative estimate of drug-likeness (QED) is 0.593. The highest BCUT2D eigenvalue weighted by molar-refractivity contribution is 6.01. The Morgan fingerprint density at radius 2 is 1.91 bits per heavy atom. The Bertz CT molecular complexity index is 826. The Labute approximate surface area is 132 Å². The molecule has 23 heavy (non-hydrogen) atoms. The topological polar surface area (TPSA) is 80.4 Å². The third-order valence-electron chi connectivity index (χ3n) is 3.22. The number of hydrogen-bond donors (Lipinski definition) is 1. The lowest BCUT2D eigenvalue weighted by atomic mass is 10.1. The van der Waals surface area contributed by atoms with Crippen LogP contribution in [0.1, 0.15) is 21.7 Å². The van der Waals surface area contributed by atoms with Crippen molar-refractivity contribution in [2.75, 3.05) is 0 Å². The number of benzene rings is 1. The minimum atomic E-state index is -0.368.